The normalized spacial score (nSPS) is 12.9. The van der Waals surface area contributed by atoms with Gasteiger partial charge in [0.1, 0.15) is 5.82 Å². The molecule has 7 nitrogen and oxygen atoms in total. The first-order chi connectivity index (χ1) is 25.7. The second-order valence-electron chi connectivity index (χ2n) is 14.6. The number of para-hydroxylation sites is 2. The van der Waals surface area contributed by atoms with Crippen molar-refractivity contribution in [2.24, 2.45) is 0 Å². The first-order valence-corrected chi connectivity index (χ1v) is 17.8. The minimum atomic E-state index is 0. The molecule has 8 heteroatoms. The summed E-state index contributed by atoms with van der Waals surface area (Å²) in [6, 6.07) is 49.1. The van der Waals surface area contributed by atoms with E-state index in [0.29, 0.717) is 11.5 Å². The summed E-state index contributed by atoms with van der Waals surface area (Å²) in [5.41, 5.74) is 9.71. The van der Waals surface area contributed by atoms with Crippen LogP contribution in [0, 0.1) is 18.8 Å². The first kappa shape index (κ1) is 35.2. The van der Waals surface area contributed by atoms with Crippen molar-refractivity contribution in [2.75, 3.05) is 28.8 Å². The van der Waals surface area contributed by atoms with Crippen molar-refractivity contribution in [3.8, 4) is 23.0 Å². The molecule has 0 saturated carbocycles. The Labute approximate surface area is 330 Å². The fraction of sp³-hybridized carbons (Fsp3) is 0.130. The number of pyridine rings is 1. The van der Waals surface area contributed by atoms with Gasteiger partial charge >= 0.3 is 0 Å². The smallest absolute Gasteiger partial charge is 0.137 e. The molecule has 4 heterocycles. The van der Waals surface area contributed by atoms with E-state index in [1.807, 2.05) is 61.7 Å². The quantitative estimate of drug-likeness (QED) is 0.119. The minimum Gasteiger partial charge on any atom is -0.509 e. The Morgan fingerprint density at radius 2 is 1.39 bits per heavy atom. The van der Waals surface area contributed by atoms with Crippen LogP contribution in [0.25, 0.3) is 44.3 Å². The van der Waals surface area contributed by atoms with Crippen LogP contribution in [0.15, 0.2) is 140 Å². The molecular weight excluding hydrogens is 759 g/mol. The van der Waals surface area contributed by atoms with Crippen molar-refractivity contribution in [1.29, 1.82) is 0 Å². The number of anilines is 3. The summed E-state index contributed by atoms with van der Waals surface area (Å²) in [6.45, 7) is 8.75. The molecule has 0 N–H and O–H groups in total. The summed E-state index contributed by atoms with van der Waals surface area (Å²) in [5.74, 6) is 2.00. The topological polar surface area (TPSA) is 41.7 Å². The van der Waals surface area contributed by atoms with Gasteiger partial charge in [0.05, 0.1) is 11.0 Å². The molecule has 0 unspecified atom stereocenters. The van der Waals surface area contributed by atoms with E-state index in [2.05, 4.69) is 156 Å². The van der Waals surface area contributed by atoms with Crippen molar-refractivity contribution in [1.82, 2.24) is 14.1 Å². The van der Waals surface area contributed by atoms with Crippen LogP contribution >= 0.6 is 0 Å². The molecule has 0 bridgehead atoms. The van der Waals surface area contributed by atoms with Crippen molar-refractivity contribution in [3.05, 3.63) is 164 Å². The van der Waals surface area contributed by atoms with E-state index in [9.17, 15) is 0 Å². The molecule has 0 radical (unpaired) electrons. The third-order valence-electron chi connectivity index (χ3n) is 9.86. The number of hydrogen-bond acceptors (Lipinski definition) is 5. The summed E-state index contributed by atoms with van der Waals surface area (Å²) in [5, 5.41) is 2.18. The Bertz CT molecular complexity index is 2650. The molecule has 0 spiro atoms. The Morgan fingerprint density at radius 3 is 2.17 bits per heavy atom. The zero-order valence-electron chi connectivity index (χ0n) is 30.8. The second-order valence-corrected chi connectivity index (χ2v) is 14.6. The molecular formula is C46H39N6OPd-3. The van der Waals surface area contributed by atoms with Crippen LogP contribution in [0.2, 0.25) is 0 Å². The van der Waals surface area contributed by atoms with Crippen LogP contribution in [0.5, 0.6) is 11.5 Å². The van der Waals surface area contributed by atoms with Gasteiger partial charge in [0, 0.05) is 86.2 Å². The van der Waals surface area contributed by atoms with Gasteiger partial charge in [-0.25, -0.2) is 4.98 Å². The molecule has 1 aliphatic rings. The molecule has 5 aromatic carbocycles. The van der Waals surface area contributed by atoms with E-state index < -0.39 is 0 Å². The van der Waals surface area contributed by atoms with Crippen LogP contribution in [0.3, 0.4) is 0 Å². The van der Waals surface area contributed by atoms with Crippen molar-refractivity contribution in [3.63, 3.8) is 0 Å². The predicted octanol–water partition coefficient (Wildman–Crippen LogP) is 10.8. The molecule has 272 valence electrons. The van der Waals surface area contributed by atoms with Gasteiger partial charge in [0.15, 0.2) is 0 Å². The zero-order chi connectivity index (χ0) is 36.3. The molecule has 0 aliphatic carbocycles. The number of rotatable bonds is 7. The van der Waals surface area contributed by atoms with Gasteiger partial charge in [-0.1, -0.05) is 80.2 Å². The number of ether oxygens (including phenoxy) is 1. The van der Waals surface area contributed by atoms with E-state index in [1.165, 1.54) is 5.56 Å². The first-order valence-electron chi connectivity index (χ1n) is 17.8. The van der Waals surface area contributed by atoms with E-state index in [0.717, 1.165) is 61.4 Å². The molecule has 0 fully saturated rings. The average Bonchev–Trinajstić information content (AvgIpc) is 3.88. The third kappa shape index (κ3) is 6.22. The summed E-state index contributed by atoms with van der Waals surface area (Å²) in [7, 11) is 4.09. The molecule has 0 saturated heterocycles. The van der Waals surface area contributed by atoms with E-state index >= 15 is 0 Å². The van der Waals surface area contributed by atoms with Gasteiger partial charge in [-0.05, 0) is 59.8 Å². The Balaban J connectivity index is 0.00000413. The van der Waals surface area contributed by atoms with Gasteiger partial charge in [0.25, 0.3) is 0 Å². The van der Waals surface area contributed by atoms with Crippen molar-refractivity contribution >= 4 is 49.9 Å². The van der Waals surface area contributed by atoms with E-state index in [4.69, 9.17) is 9.72 Å². The molecule has 0 amide bonds. The van der Waals surface area contributed by atoms with Gasteiger partial charge in [-0.2, -0.15) is 12.1 Å². The summed E-state index contributed by atoms with van der Waals surface area (Å²) < 4.78 is 11.1. The van der Waals surface area contributed by atoms with Crippen LogP contribution in [0.4, 0.5) is 17.1 Å². The van der Waals surface area contributed by atoms with Gasteiger partial charge in [0.2, 0.25) is 0 Å². The van der Waals surface area contributed by atoms with E-state index in [1.54, 1.807) is 0 Å². The Morgan fingerprint density at radius 1 is 0.667 bits per heavy atom. The molecule has 8 aromatic rings. The summed E-state index contributed by atoms with van der Waals surface area (Å²) >= 11 is 0. The van der Waals surface area contributed by atoms with E-state index in [-0.39, 0.29) is 25.8 Å². The maximum absolute atomic E-state index is 6.53. The second kappa shape index (κ2) is 13.9. The number of aromatic nitrogens is 3. The number of fused-ring (bicyclic) bond motifs is 5. The average molecular weight is 798 g/mol. The summed E-state index contributed by atoms with van der Waals surface area (Å²) in [4.78, 5) is 11.2. The van der Waals surface area contributed by atoms with Crippen LogP contribution < -0.4 is 19.4 Å². The number of hydrogen-bond donors (Lipinski definition) is 0. The number of benzene rings is 5. The molecule has 54 heavy (non-hydrogen) atoms. The van der Waals surface area contributed by atoms with Gasteiger partial charge < -0.3 is 28.6 Å². The number of nitrogens with zero attached hydrogens (tertiary/aromatic N) is 6. The van der Waals surface area contributed by atoms with Crippen LogP contribution in [-0.4, -0.2) is 28.2 Å². The molecule has 9 rings (SSSR count). The summed E-state index contributed by atoms with van der Waals surface area (Å²) in [6.07, 6.45) is 5.95. The monoisotopic (exact) mass is 797 g/mol. The maximum atomic E-state index is 6.53. The SMILES string of the molecule is CN(C)c1ccnc(-n2c3[c-]c(Oc4[c-]c(N5C=CN(c6ccc(C(C)(C)C)cc6)[CH-]5)ccc4)ccc3c3c2c2ccccc2n3-c2ccccc2)c1.[Pd]. The fourth-order valence-corrected chi connectivity index (χ4v) is 7.13. The fourth-order valence-electron chi connectivity index (χ4n) is 7.13. The van der Waals surface area contributed by atoms with Crippen molar-refractivity contribution < 1.29 is 25.2 Å². The Kier molecular flexibility index (Phi) is 9.05. The minimum absolute atomic E-state index is 0. The largest absolute Gasteiger partial charge is 0.509 e. The standard InChI is InChI=1S/C46H39N6O.Pd/c1-46(2,3)32-18-20-33(21-19-32)49-26-27-50(31-49)36-14-11-15-37(28-36)53-38-22-23-40-42(30-38)52(43-29-35(48(4)5)24-25-47-43)45-39-16-9-10-17-41(39)51(44(40)45)34-12-7-6-8-13-34;/h6-27,29,31H,1-5H3;/q-3;. The Hall–Kier alpha value is -5.81. The molecule has 1 aliphatic heterocycles. The van der Waals surface area contributed by atoms with Gasteiger partial charge in [-0.3, -0.25) is 0 Å². The van der Waals surface area contributed by atoms with Crippen LogP contribution in [-0.2, 0) is 25.8 Å². The van der Waals surface area contributed by atoms with Crippen LogP contribution in [0.1, 0.15) is 26.3 Å². The molecule has 3 aromatic heterocycles. The maximum Gasteiger partial charge on any atom is 0.137 e. The van der Waals surface area contributed by atoms with Gasteiger partial charge in [-0.15, -0.1) is 42.7 Å². The van der Waals surface area contributed by atoms with Crippen molar-refractivity contribution in [2.45, 2.75) is 26.2 Å². The zero-order valence-corrected chi connectivity index (χ0v) is 32.3. The molecule has 0 atom stereocenters. The predicted molar refractivity (Wildman–Crippen MR) is 217 cm³/mol. The third-order valence-corrected chi connectivity index (χ3v) is 9.86.